The van der Waals surface area contributed by atoms with Gasteiger partial charge in [0, 0.05) is 31.3 Å². The molecule has 5 nitrogen and oxygen atoms in total. The molecule has 3 rings (SSSR count). The van der Waals surface area contributed by atoms with Crippen molar-refractivity contribution < 1.29 is 9.59 Å². The quantitative estimate of drug-likeness (QED) is 0.678. The number of aryl methyl sites for hydroxylation is 1. The molecule has 1 heterocycles. The van der Waals surface area contributed by atoms with Gasteiger partial charge in [-0.15, -0.1) is 0 Å². The summed E-state index contributed by atoms with van der Waals surface area (Å²) in [5.74, 6) is 0.235. The molecule has 1 radical (unpaired) electrons. The highest BCUT2D eigenvalue weighted by Crippen LogP contribution is 2.23. The van der Waals surface area contributed by atoms with Crippen molar-refractivity contribution in [1.29, 1.82) is 0 Å². The first kappa shape index (κ1) is 21.4. The highest BCUT2D eigenvalue weighted by atomic mass is 32.1. The molecule has 0 bridgehead atoms. The molecule has 0 aromatic heterocycles. The fourth-order valence-electron chi connectivity index (χ4n) is 3.82. The van der Waals surface area contributed by atoms with Crippen molar-refractivity contribution in [1.82, 2.24) is 15.8 Å². The number of hydrogen-bond acceptors (Lipinski definition) is 4. The van der Waals surface area contributed by atoms with Crippen LogP contribution in [0, 0.1) is 12.0 Å². The number of amides is 2. The smallest absolute Gasteiger partial charge is 0.267 e. The minimum Gasteiger partial charge on any atom is -0.326 e. The maximum Gasteiger partial charge on any atom is 0.267 e. The van der Waals surface area contributed by atoms with Crippen LogP contribution in [-0.4, -0.2) is 34.8 Å². The Morgan fingerprint density at radius 2 is 1.93 bits per heavy atom. The summed E-state index contributed by atoms with van der Waals surface area (Å²) in [5, 5.41) is 4.66. The van der Waals surface area contributed by atoms with Crippen LogP contribution in [0.3, 0.4) is 0 Å². The predicted octanol–water partition coefficient (Wildman–Crippen LogP) is 3.28. The van der Waals surface area contributed by atoms with Gasteiger partial charge in [0.25, 0.3) is 5.91 Å². The molecule has 29 heavy (non-hydrogen) atoms. The Balaban J connectivity index is 1.43. The number of carbonyl (C=O) groups is 2. The molecule has 6 heteroatoms. The topological polar surface area (TPSA) is 61.4 Å². The molecule has 1 fully saturated rings. The van der Waals surface area contributed by atoms with E-state index in [1.165, 1.54) is 25.3 Å². The number of nitrogens with one attached hydrogen (secondary N) is 2. The molecule has 153 valence electrons. The number of nitrogens with zero attached hydrogens (tertiary/aromatic N) is 1. The van der Waals surface area contributed by atoms with E-state index in [1.54, 1.807) is 6.08 Å². The highest BCUT2D eigenvalue weighted by molar-refractivity contribution is 7.80. The molecule has 1 aromatic rings. The molecular formula is C23H28N3O2S. The van der Waals surface area contributed by atoms with Crippen LogP contribution in [0.1, 0.15) is 44.6 Å². The van der Waals surface area contributed by atoms with Crippen LogP contribution in [0.4, 0.5) is 0 Å². The second kappa shape index (κ2) is 10.5. The van der Waals surface area contributed by atoms with Crippen LogP contribution < -0.4 is 10.7 Å². The van der Waals surface area contributed by atoms with Crippen molar-refractivity contribution >= 4 is 28.9 Å². The van der Waals surface area contributed by atoms with E-state index in [1.807, 2.05) is 5.01 Å². The third-order valence-corrected chi connectivity index (χ3v) is 5.61. The summed E-state index contributed by atoms with van der Waals surface area (Å²) in [6.45, 7) is 3.09. The Morgan fingerprint density at radius 1 is 1.21 bits per heavy atom. The number of piperidine rings is 1. The standard InChI is InChI=1S/C23H28N3O2S/c1-17(27)24-22-16-20(29)10-11-21(22)23(28)25-26-14-12-19(13-15-26)9-5-8-18-6-3-2-4-7-18/h2-4,6-7,16,19H,5,8-10,12-15H2,1H3,(H,24,27)(H,25,28). The highest BCUT2D eigenvalue weighted by Gasteiger charge is 2.24. The van der Waals surface area contributed by atoms with E-state index in [0.29, 0.717) is 28.5 Å². The molecule has 0 saturated carbocycles. The van der Waals surface area contributed by atoms with E-state index < -0.39 is 0 Å². The lowest BCUT2D eigenvalue weighted by Crippen LogP contribution is -2.48. The molecule has 2 aliphatic rings. The van der Waals surface area contributed by atoms with E-state index in [9.17, 15) is 9.59 Å². The van der Waals surface area contributed by atoms with Gasteiger partial charge in [-0.3, -0.25) is 15.0 Å². The van der Waals surface area contributed by atoms with Crippen LogP contribution in [0.2, 0.25) is 0 Å². The van der Waals surface area contributed by atoms with Gasteiger partial charge in [-0.05, 0) is 49.3 Å². The molecular weight excluding hydrogens is 382 g/mol. The number of allylic oxidation sites excluding steroid dienone is 2. The van der Waals surface area contributed by atoms with Crippen molar-refractivity contribution in [3.8, 4) is 0 Å². The fourth-order valence-corrected chi connectivity index (χ4v) is 4.01. The predicted molar refractivity (Wildman–Crippen MR) is 118 cm³/mol. The summed E-state index contributed by atoms with van der Waals surface area (Å²) in [5.41, 5.74) is 5.16. The van der Waals surface area contributed by atoms with Crippen molar-refractivity contribution in [2.24, 2.45) is 5.92 Å². The first-order valence-corrected chi connectivity index (χ1v) is 10.7. The van der Waals surface area contributed by atoms with Crippen LogP contribution >= 0.6 is 12.2 Å². The zero-order chi connectivity index (χ0) is 20.6. The molecule has 1 aromatic carbocycles. The SMILES string of the molecule is CC(=O)NC1=CC(=S)C[C]=C1C(=O)NN1CCC(CCCc2ccccc2)CC1. The number of thiocarbonyl (C=S) groups is 1. The number of carbonyl (C=O) groups excluding carboxylic acids is 2. The summed E-state index contributed by atoms with van der Waals surface area (Å²) in [6, 6.07) is 10.6. The lowest BCUT2D eigenvalue weighted by molar-refractivity contribution is -0.122. The zero-order valence-electron chi connectivity index (χ0n) is 16.9. The van der Waals surface area contributed by atoms with Gasteiger partial charge >= 0.3 is 0 Å². The lowest BCUT2D eigenvalue weighted by Gasteiger charge is -2.32. The van der Waals surface area contributed by atoms with Crippen LogP contribution in [0.15, 0.2) is 47.7 Å². The largest absolute Gasteiger partial charge is 0.326 e. The Labute approximate surface area is 178 Å². The van der Waals surface area contributed by atoms with E-state index in [4.69, 9.17) is 12.2 Å². The third-order valence-electron chi connectivity index (χ3n) is 5.35. The van der Waals surface area contributed by atoms with E-state index in [2.05, 4.69) is 47.2 Å². The summed E-state index contributed by atoms with van der Waals surface area (Å²) < 4.78 is 0. The van der Waals surface area contributed by atoms with Crippen molar-refractivity contribution in [2.45, 2.75) is 45.4 Å². The Kier molecular flexibility index (Phi) is 7.72. The first-order valence-electron chi connectivity index (χ1n) is 10.2. The van der Waals surface area contributed by atoms with Gasteiger partial charge in [0.1, 0.15) is 0 Å². The Bertz CT molecular complexity index is 809. The maximum atomic E-state index is 12.7. The normalized spacial score (nSPS) is 18.0. The maximum absolute atomic E-state index is 12.7. The van der Waals surface area contributed by atoms with Gasteiger partial charge in [0.05, 0.1) is 11.3 Å². The Morgan fingerprint density at radius 3 is 2.62 bits per heavy atom. The van der Waals surface area contributed by atoms with Crippen molar-refractivity contribution in [2.75, 3.05) is 13.1 Å². The van der Waals surface area contributed by atoms with Crippen LogP contribution in [0.5, 0.6) is 0 Å². The van der Waals surface area contributed by atoms with Gasteiger partial charge in [-0.2, -0.15) is 0 Å². The van der Waals surface area contributed by atoms with Gasteiger partial charge in [0.2, 0.25) is 5.91 Å². The molecule has 2 amide bonds. The molecule has 2 N–H and O–H groups in total. The summed E-state index contributed by atoms with van der Waals surface area (Å²) in [7, 11) is 0. The number of benzene rings is 1. The van der Waals surface area contributed by atoms with Gasteiger partial charge in [-0.25, -0.2) is 5.01 Å². The molecule has 0 spiro atoms. The molecule has 0 atom stereocenters. The van der Waals surface area contributed by atoms with Crippen LogP contribution in [-0.2, 0) is 16.0 Å². The van der Waals surface area contributed by atoms with E-state index in [0.717, 1.165) is 32.4 Å². The number of hydrazine groups is 1. The van der Waals surface area contributed by atoms with E-state index >= 15 is 0 Å². The summed E-state index contributed by atoms with van der Waals surface area (Å²) in [4.78, 5) is 24.8. The average Bonchev–Trinajstić information content (AvgIpc) is 2.70. The van der Waals surface area contributed by atoms with Crippen LogP contribution in [0.25, 0.3) is 0 Å². The second-order valence-electron chi connectivity index (χ2n) is 7.68. The minimum atomic E-state index is -0.241. The monoisotopic (exact) mass is 410 g/mol. The lowest BCUT2D eigenvalue weighted by atomic mass is 9.91. The van der Waals surface area contributed by atoms with E-state index in [-0.39, 0.29) is 11.8 Å². The molecule has 1 saturated heterocycles. The Hall–Kier alpha value is -2.31. The van der Waals surface area contributed by atoms with Gasteiger partial charge < -0.3 is 5.32 Å². The van der Waals surface area contributed by atoms with Crippen molar-refractivity contribution in [3.63, 3.8) is 0 Å². The summed E-state index contributed by atoms with van der Waals surface area (Å²) >= 11 is 5.17. The van der Waals surface area contributed by atoms with Gasteiger partial charge in [0.15, 0.2) is 0 Å². The average molecular weight is 411 g/mol. The minimum absolute atomic E-state index is 0.232. The van der Waals surface area contributed by atoms with Gasteiger partial charge in [-0.1, -0.05) is 49.0 Å². The number of rotatable bonds is 7. The second-order valence-corrected chi connectivity index (χ2v) is 8.21. The first-order chi connectivity index (χ1) is 14.0. The molecule has 1 aliphatic heterocycles. The molecule has 0 unspecified atom stereocenters. The third kappa shape index (κ3) is 6.61. The zero-order valence-corrected chi connectivity index (χ0v) is 17.7. The fraction of sp³-hybridized carbons (Fsp3) is 0.435. The molecule has 1 aliphatic carbocycles. The number of hydrogen-bond donors (Lipinski definition) is 2. The summed E-state index contributed by atoms with van der Waals surface area (Å²) in [6.07, 6.45) is 10.8. The van der Waals surface area contributed by atoms with Crippen molar-refractivity contribution in [3.05, 3.63) is 59.3 Å².